The van der Waals surface area contributed by atoms with Crippen LogP contribution in [-0.2, 0) is 9.26 Å². The first kappa shape index (κ1) is 11.9. The number of hydrogen-bond acceptors (Lipinski definition) is 2. The summed E-state index contributed by atoms with van der Waals surface area (Å²) in [6.07, 6.45) is 0.308. The molecule has 1 aliphatic rings. The Morgan fingerprint density at radius 3 is 1.89 bits per heavy atom. The summed E-state index contributed by atoms with van der Waals surface area (Å²) in [5.41, 5.74) is 0. The molecule has 2 aromatic rings. The van der Waals surface area contributed by atoms with E-state index in [2.05, 4.69) is 48.5 Å². The number of ether oxygens (including phenoxy) is 1. The van der Waals surface area contributed by atoms with E-state index >= 15 is 0 Å². The van der Waals surface area contributed by atoms with Crippen LogP contribution in [0.15, 0.2) is 60.7 Å². The maximum Gasteiger partial charge on any atom is 0.105 e. The fourth-order valence-electron chi connectivity index (χ4n) is 1.75. The second kappa shape index (κ2) is 5.62. The summed E-state index contributed by atoms with van der Waals surface area (Å²) in [6.45, 7) is 1.53. The maximum absolute atomic E-state index is 6.08. The van der Waals surface area contributed by atoms with Gasteiger partial charge < -0.3 is 9.26 Å². The number of benzene rings is 2. The van der Waals surface area contributed by atoms with E-state index in [1.54, 1.807) is 0 Å². The zero-order valence-corrected chi connectivity index (χ0v) is 10.9. The minimum Gasteiger partial charge on any atom is -0.371 e. The third-order valence-electron chi connectivity index (χ3n) is 2.77. The SMILES string of the molecule is c1ccc(P(OCC2CO2)c2ccccc2)cc1. The summed E-state index contributed by atoms with van der Waals surface area (Å²) >= 11 is 0. The lowest BCUT2D eigenvalue weighted by atomic mass is 10.4. The fourth-order valence-corrected chi connectivity index (χ4v) is 3.54. The summed E-state index contributed by atoms with van der Waals surface area (Å²) in [7, 11) is -0.723. The van der Waals surface area contributed by atoms with Crippen LogP contribution in [0.2, 0.25) is 0 Å². The lowest BCUT2D eigenvalue weighted by Crippen LogP contribution is -2.15. The van der Waals surface area contributed by atoms with Crippen LogP contribution in [0.5, 0.6) is 0 Å². The van der Waals surface area contributed by atoms with Gasteiger partial charge in [-0.05, 0) is 0 Å². The summed E-state index contributed by atoms with van der Waals surface area (Å²) < 4.78 is 11.3. The topological polar surface area (TPSA) is 21.8 Å². The molecule has 0 radical (unpaired) electrons. The minimum absolute atomic E-state index is 0.308. The average molecular weight is 258 g/mol. The van der Waals surface area contributed by atoms with Crippen LogP contribution >= 0.6 is 8.15 Å². The Morgan fingerprint density at radius 1 is 0.944 bits per heavy atom. The van der Waals surface area contributed by atoms with Gasteiger partial charge in [-0.1, -0.05) is 60.7 Å². The Morgan fingerprint density at radius 2 is 1.44 bits per heavy atom. The van der Waals surface area contributed by atoms with Crippen molar-refractivity contribution < 1.29 is 9.26 Å². The molecule has 2 nitrogen and oxygen atoms in total. The fraction of sp³-hybridized carbons (Fsp3) is 0.200. The molecule has 3 heteroatoms. The molecule has 0 N–H and O–H groups in total. The van der Waals surface area contributed by atoms with Crippen LogP contribution in [0, 0.1) is 0 Å². The first-order valence-corrected chi connectivity index (χ1v) is 7.34. The molecule has 18 heavy (non-hydrogen) atoms. The Kier molecular flexibility index (Phi) is 3.70. The molecule has 0 aliphatic carbocycles. The zero-order chi connectivity index (χ0) is 12.2. The molecule has 2 aromatic carbocycles. The molecule has 1 heterocycles. The second-order valence-electron chi connectivity index (χ2n) is 4.22. The van der Waals surface area contributed by atoms with Crippen molar-refractivity contribution in [2.75, 3.05) is 13.2 Å². The summed E-state index contributed by atoms with van der Waals surface area (Å²) in [5.74, 6) is 0. The van der Waals surface area contributed by atoms with E-state index in [4.69, 9.17) is 9.26 Å². The molecule has 1 atom stereocenters. The normalized spacial score (nSPS) is 17.9. The van der Waals surface area contributed by atoms with Crippen LogP contribution < -0.4 is 10.6 Å². The number of epoxide rings is 1. The number of hydrogen-bond donors (Lipinski definition) is 0. The van der Waals surface area contributed by atoms with Crippen molar-refractivity contribution in [2.45, 2.75) is 6.10 Å². The lowest BCUT2D eigenvalue weighted by molar-refractivity contribution is 0.288. The largest absolute Gasteiger partial charge is 0.371 e. The van der Waals surface area contributed by atoms with E-state index in [0.29, 0.717) is 12.7 Å². The third-order valence-corrected chi connectivity index (χ3v) is 4.71. The molecule has 3 rings (SSSR count). The van der Waals surface area contributed by atoms with Gasteiger partial charge in [0.2, 0.25) is 0 Å². The Balaban J connectivity index is 1.83. The van der Waals surface area contributed by atoms with Crippen molar-refractivity contribution in [2.24, 2.45) is 0 Å². The molecule has 0 aromatic heterocycles. The smallest absolute Gasteiger partial charge is 0.105 e. The van der Waals surface area contributed by atoms with Gasteiger partial charge in [0.05, 0.1) is 21.4 Å². The highest BCUT2D eigenvalue weighted by Crippen LogP contribution is 2.35. The van der Waals surface area contributed by atoms with Crippen LogP contribution in [0.3, 0.4) is 0 Å². The molecule has 0 amide bonds. The van der Waals surface area contributed by atoms with Gasteiger partial charge in [0, 0.05) is 10.6 Å². The Hall–Kier alpha value is -1.21. The molecule has 1 saturated heterocycles. The third kappa shape index (κ3) is 2.97. The molecule has 1 aliphatic heterocycles. The van der Waals surface area contributed by atoms with E-state index < -0.39 is 8.15 Å². The average Bonchev–Trinajstić information content (AvgIpc) is 3.26. The highest BCUT2D eigenvalue weighted by atomic mass is 31.1. The second-order valence-corrected chi connectivity index (χ2v) is 6.10. The van der Waals surface area contributed by atoms with Crippen LogP contribution in [0.25, 0.3) is 0 Å². The molecule has 0 saturated carbocycles. The Bertz CT molecular complexity index is 443. The van der Waals surface area contributed by atoms with Gasteiger partial charge in [-0.15, -0.1) is 0 Å². The summed E-state index contributed by atoms with van der Waals surface area (Å²) in [4.78, 5) is 0. The number of rotatable bonds is 5. The van der Waals surface area contributed by atoms with Crippen molar-refractivity contribution >= 4 is 18.8 Å². The van der Waals surface area contributed by atoms with Crippen LogP contribution in [0.1, 0.15) is 0 Å². The van der Waals surface area contributed by atoms with Crippen molar-refractivity contribution in [1.29, 1.82) is 0 Å². The summed E-state index contributed by atoms with van der Waals surface area (Å²) in [5, 5.41) is 2.50. The maximum atomic E-state index is 6.08. The van der Waals surface area contributed by atoms with Crippen LogP contribution in [0.4, 0.5) is 0 Å². The van der Waals surface area contributed by atoms with Crippen molar-refractivity contribution in [3.63, 3.8) is 0 Å². The standard InChI is InChI=1S/C15H15O2P/c1-3-7-14(8-4-1)18(17-12-13-11-16-13)15-9-5-2-6-10-15/h1-10,13H,11-12H2. The molecular formula is C15H15O2P. The Labute approximate surface area is 108 Å². The van der Waals surface area contributed by atoms with E-state index in [-0.39, 0.29) is 0 Å². The van der Waals surface area contributed by atoms with Gasteiger partial charge >= 0.3 is 0 Å². The molecule has 92 valence electrons. The molecular weight excluding hydrogens is 243 g/mol. The van der Waals surface area contributed by atoms with E-state index in [9.17, 15) is 0 Å². The van der Waals surface area contributed by atoms with Gasteiger partial charge in [-0.3, -0.25) is 0 Å². The van der Waals surface area contributed by atoms with Gasteiger partial charge in [0.1, 0.15) is 6.10 Å². The predicted molar refractivity (Wildman–Crippen MR) is 74.8 cm³/mol. The van der Waals surface area contributed by atoms with Crippen molar-refractivity contribution in [1.82, 2.24) is 0 Å². The molecule has 1 fully saturated rings. The zero-order valence-electron chi connectivity index (χ0n) is 10.0. The predicted octanol–water partition coefficient (Wildman–Crippen LogP) is 2.45. The monoisotopic (exact) mass is 258 g/mol. The van der Waals surface area contributed by atoms with Crippen molar-refractivity contribution in [3.8, 4) is 0 Å². The van der Waals surface area contributed by atoms with Gasteiger partial charge in [-0.25, -0.2) is 0 Å². The van der Waals surface area contributed by atoms with E-state index in [1.807, 2.05) is 12.1 Å². The quantitative estimate of drug-likeness (QED) is 0.607. The van der Waals surface area contributed by atoms with E-state index in [1.165, 1.54) is 10.6 Å². The molecule has 0 bridgehead atoms. The first-order chi connectivity index (χ1) is 8.93. The van der Waals surface area contributed by atoms with E-state index in [0.717, 1.165) is 6.61 Å². The lowest BCUT2D eigenvalue weighted by Gasteiger charge is -2.17. The van der Waals surface area contributed by atoms with Gasteiger partial charge in [0.25, 0.3) is 0 Å². The van der Waals surface area contributed by atoms with Crippen LogP contribution in [-0.4, -0.2) is 19.3 Å². The van der Waals surface area contributed by atoms with Crippen molar-refractivity contribution in [3.05, 3.63) is 60.7 Å². The van der Waals surface area contributed by atoms with Gasteiger partial charge in [0.15, 0.2) is 0 Å². The first-order valence-electron chi connectivity index (χ1n) is 6.08. The highest BCUT2D eigenvalue weighted by Gasteiger charge is 2.25. The molecule has 1 unspecified atom stereocenters. The summed E-state index contributed by atoms with van der Waals surface area (Å²) in [6, 6.07) is 20.8. The minimum atomic E-state index is -0.723. The highest BCUT2D eigenvalue weighted by molar-refractivity contribution is 7.68. The van der Waals surface area contributed by atoms with Gasteiger partial charge in [-0.2, -0.15) is 0 Å². The molecule has 0 spiro atoms.